The van der Waals surface area contributed by atoms with Crippen LogP contribution in [0, 0.1) is 12.3 Å². The fourth-order valence-corrected chi connectivity index (χ4v) is 8.38. The molecule has 4 aromatic rings. The first-order valence-electron chi connectivity index (χ1n) is 15.9. The number of aryl methyl sites for hydroxylation is 1. The number of anilines is 5. The van der Waals surface area contributed by atoms with E-state index in [1.807, 2.05) is 36.4 Å². The predicted molar refractivity (Wildman–Crippen MR) is 190 cm³/mol. The Hall–Kier alpha value is -4.34. The normalized spacial score (nSPS) is 16.1. The number of benzene rings is 3. The maximum absolute atomic E-state index is 13.6. The zero-order chi connectivity index (χ0) is 33.5. The van der Waals surface area contributed by atoms with Crippen molar-refractivity contribution in [1.82, 2.24) is 19.8 Å². The smallest absolute Gasteiger partial charge is 0.414 e. The molecule has 47 heavy (non-hydrogen) atoms. The van der Waals surface area contributed by atoms with Crippen molar-refractivity contribution in [3.05, 3.63) is 60.3 Å². The van der Waals surface area contributed by atoms with E-state index < -0.39 is 13.2 Å². The summed E-state index contributed by atoms with van der Waals surface area (Å²) in [6, 6.07) is 15.8. The second-order valence-electron chi connectivity index (χ2n) is 13.5. The standard InChI is InChI=1S/C35H44N7O4P/c1-23-18-27(29(45-5)19-28(23)42-16-14-35(15-17-42)21-41(4)22-35)38-33-36-20-30(46-34(43)40(2)3)32(39-33)37-26-13-12-24-10-8-9-11-25(24)31(26)47(6,7)44/h8-13,18-20H,14-17,21-22H2,1-7H3,(H2,36,37,38,39). The van der Waals surface area contributed by atoms with Gasteiger partial charge < -0.3 is 39.4 Å². The van der Waals surface area contributed by atoms with Crippen LogP contribution in [0.25, 0.3) is 10.8 Å². The van der Waals surface area contributed by atoms with Crippen molar-refractivity contribution >= 4 is 58.1 Å². The Balaban J connectivity index is 1.32. The molecule has 1 amide bonds. The van der Waals surface area contributed by atoms with E-state index in [2.05, 4.69) is 51.5 Å². The van der Waals surface area contributed by atoms with Gasteiger partial charge in [0.2, 0.25) is 5.95 Å². The van der Waals surface area contributed by atoms with Crippen molar-refractivity contribution in [1.29, 1.82) is 0 Å². The molecule has 2 N–H and O–H groups in total. The van der Waals surface area contributed by atoms with Crippen molar-refractivity contribution in [2.45, 2.75) is 19.8 Å². The highest BCUT2D eigenvalue weighted by Gasteiger charge is 2.43. The van der Waals surface area contributed by atoms with Gasteiger partial charge in [-0.05, 0) is 74.0 Å². The molecule has 2 aliphatic heterocycles. The van der Waals surface area contributed by atoms with Crippen LogP contribution in [0.1, 0.15) is 18.4 Å². The zero-order valence-electron chi connectivity index (χ0n) is 28.3. The molecule has 1 spiro atoms. The molecule has 3 heterocycles. The Morgan fingerprint density at radius 3 is 2.38 bits per heavy atom. The number of hydrogen-bond acceptors (Lipinski definition) is 10. The number of fused-ring (bicyclic) bond motifs is 1. The highest BCUT2D eigenvalue weighted by Crippen LogP contribution is 2.44. The minimum atomic E-state index is -2.76. The van der Waals surface area contributed by atoms with Gasteiger partial charge in [0.15, 0.2) is 11.6 Å². The Morgan fingerprint density at radius 2 is 1.72 bits per heavy atom. The third kappa shape index (κ3) is 6.73. The van der Waals surface area contributed by atoms with E-state index in [0.29, 0.717) is 27.8 Å². The number of carbonyl (C=O) groups is 1. The topological polar surface area (TPSA) is 112 Å². The van der Waals surface area contributed by atoms with Gasteiger partial charge in [0.05, 0.1) is 24.7 Å². The van der Waals surface area contributed by atoms with E-state index in [-0.39, 0.29) is 17.5 Å². The van der Waals surface area contributed by atoms with Crippen LogP contribution in [0.4, 0.5) is 33.6 Å². The molecule has 2 saturated heterocycles. The van der Waals surface area contributed by atoms with Gasteiger partial charge in [-0.3, -0.25) is 0 Å². The molecule has 3 aromatic carbocycles. The molecule has 2 aliphatic rings. The number of methoxy groups -OCH3 is 1. The second kappa shape index (κ2) is 12.7. The number of rotatable bonds is 8. The van der Waals surface area contributed by atoms with Crippen LogP contribution in [0.5, 0.6) is 11.5 Å². The summed E-state index contributed by atoms with van der Waals surface area (Å²) >= 11 is 0. The fourth-order valence-electron chi connectivity index (χ4n) is 6.89. The first-order chi connectivity index (χ1) is 22.4. The van der Waals surface area contributed by atoms with Crippen LogP contribution in [0.2, 0.25) is 0 Å². The molecule has 0 unspecified atom stereocenters. The van der Waals surface area contributed by atoms with Gasteiger partial charge in [-0.15, -0.1) is 0 Å². The van der Waals surface area contributed by atoms with E-state index >= 15 is 0 Å². The molecule has 248 valence electrons. The lowest BCUT2D eigenvalue weighted by molar-refractivity contribution is 0.00130. The molecule has 0 bridgehead atoms. The van der Waals surface area contributed by atoms with E-state index in [9.17, 15) is 9.36 Å². The van der Waals surface area contributed by atoms with Gasteiger partial charge in [0.25, 0.3) is 0 Å². The Kier molecular flexibility index (Phi) is 8.80. The third-order valence-corrected chi connectivity index (χ3v) is 10.7. The van der Waals surface area contributed by atoms with Gasteiger partial charge >= 0.3 is 6.09 Å². The molecule has 11 nitrogen and oxygen atoms in total. The summed E-state index contributed by atoms with van der Waals surface area (Å²) in [6.07, 6.45) is 3.26. The van der Waals surface area contributed by atoms with E-state index in [1.54, 1.807) is 34.5 Å². The molecule has 0 radical (unpaired) electrons. The highest BCUT2D eigenvalue weighted by atomic mass is 31.2. The maximum atomic E-state index is 13.6. The van der Waals surface area contributed by atoms with Crippen molar-refractivity contribution < 1.29 is 18.8 Å². The molecular formula is C35H44N7O4P. The Bertz CT molecular complexity index is 1860. The number of hydrogen-bond donors (Lipinski definition) is 2. The van der Waals surface area contributed by atoms with Gasteiger partial charge in [0, 0.05) is 57.3 Å². The van der Waals surface area contributed by atoms with Crippen LogP contribution in [0.15, 0.2) is 54.7 Å². The summed E-state index contributed by atoms with van der Waals surface area (Å²) in [6.45, 7) is 10.0. The number of piperidine rings is 1. The van der Waals surface area contributed by atoms with Crippen LogP contribution < -0.4 is 30.3 Å². The van der Waals surface area contributed by atoms with E-state index in [4.69, 9.17) is 14.5 Å². The molecule has 6 rings (SSSR count). The number of likely N-dealkylation sites (tertiary alicyclic amines) is 1. The molecule has 0 atom stereocenters. The lowest BCUT2D eigenvalue weighted by atomic mass is 9.72. The first-order valence-corrected chi connectivity index (χ1v) is 18.5. The Labute approximate surface area is 276 Å². The number of ether oxygens (including phenoxy) is 2. The molecule has 0 aliphatic carbocycles. The largest absolute Gasteiger partial charge is 0.494 e. The van der Waals surface area contributed by atoms with Gasteiger partial charge in [-0.25, -0.2) is 9.78 Å². The lowest BCUT2D eigenvalue weighted by Gasteiger charge is -2.53. The lowest BCUT2D eigenvalue weighted by Crippen LogP contribution is -2.58. The van der Waals surface area contributed by atoms with Crippen molar-refractivity contribution in [2.75, 3.05) is 83.3 Å². The summed E-state index contributed by atoms with van der Waals surface area (Å²) in [7, 11) is 4.29. The second-order valence-corrected chi connectivity index (χ2v) is 16.6. The van der Waals surface area contributed by atoms with Crippen molar-refractivity contribution in [2.24, 2.45) is 5.41 Å². The van der Waals surface area contributed by atoms with Crippen molar-refractivity contribution in [3.8, 4) is 11.5 Å². The number of aromatic nitrogens is 2. The van der Waals surface area contributed by atoms with Crippen LogP contribution in [-0.4, -0.2) is 93.6 Å². The molecule has 12 heteroatoms. The van der Waals surface area contributed by atoms with Gasteiger partial charge in [-0.1, -0.05) is 30.3 Å². The molecule has 0 saturated carbocycles. The summed E-state index contributed by atoms with van der Waals surface area (Å²) in [5.41, 5.74) is 4.08. The van der Waals surface area contributed by atoms with Crippen LogP contribution in [-0.2, 0) is 4.57 Å². The third-order valence-electron chi connectivity index (χ3n) is 9.15. The van der Waals surface area contributed by atoms with E-state index in [1.165, 1.54) is 37.0 Å². The van der Waals surface area contributed by atoms with Gasteiger partial charge in [0.1, 0.15) is 12.9 Å². The predicted octanol–water partition coefficient (Wildman–Crippen LogP) is 6.27. The minimum Gasteiger partial charge on any atom is -0.494 e. The minimum absolute atomic E-state index is 0.134. The van der Waals surface area contributed by atoms with E-state index in [0.717, 1.165) is 35.1 Å². The van der Waals surface area contributed by atoms with Gasteiger partial charge in [-0.2, -0.15) is 4.98 Å². The average molecular weight is 658 g/mol. The SMILES string of the molecule is COc1cc(N2CCC3(CC2)CN(C)C3)c(C)cc1Nc1ncc(OC(=O)N(C)C)c(Nc2ccc3ccccc3c2P(C)(C)=O)n1. The monoisotopic (exact) mass is 657 g/mol. The molecular weight excluding hydrogens is 613 g/mol. The van der Waals surface area contributed by atoms with Crippen molar-refractivity contribution in [3.63, 3.8) is 0 Å². The van der Waals surface area contributed by atoms with Crippen LogP contribution >= 0.6 is 7.14 Å². The number of carbonyl (C=O) groups excluding carboxylic acids is 1. The zero-order valence-corrected chi connectivity index (χ0v) is 29.1. The number of nitrogens with zero attached hydrogens (tertiary/aromatic N) is 5. The summed E-state index contributed by atoms with van der Waals surface area (Å²) in [5, 5.41) is 9.19. The summed E-state index contributed by atoms with van der Waals surface area (Å²) in [4.78, 5) is 28.0. The molecule has 1 aromatic heterocycles. The summed E-state index contributed by atoms with van der Waals surface area (Å²) < 4.78 is 25.1. The summed E-state index contributed by atoms with van der Waals surface area (Å²) in [5.74, 6) is 1.33. The number of amides is 1. The average Bonchev–Trinajstić information content (AvgIpc) is 3.01. The molecule has 2 fully saturated rings. The quantitative estimate of drug-likeness (QED) is 0.210. The Morgan fingerprint density at radius 1 is 1.00 bits per heavy atom. The highest BCUT2D eigenvalue weighted by molar-refractivity contribution is 7.71. The first kappa shape index (κ1) is 32.6. The maximum Gasteiger partial charge on any atom is 0.414 e. The van der Waals surface area contributed by atoms with Crippen LogP contribution in [0.3, 0.4) is 0 Å². The fraction of sp³-hybridized carbons (Fsp3) is 0.400. The number of nitrogens with one attached hydrogen (secondary N) is 2.